The molecule has 2 fully saturated rings. The predicted octanol–water partition coefficient (Wildman–Crippen LogP) is 6.47. The molecule has 0 aromatic heterocycles. The summed E-state index contributed by atoms with van der Waals surface area (Å²) >= 11 is 0. The number of nitrogens with one attached hydrogen (secondary N) is 1. The average molecular weight is 420 g/mol. The van der Waals surface area contributed by atoms with Gasteiger partial charge in [-0.25, -0.2) is 0 Å². The third-order valence-corrected chi connectivity index (χ3v) is 8.64. The molecule has 3 nitrogen and oxygen atoms in total. The summed E-state index contributed by atoms with van der Waals surface area (Å²) in [5, 5.41) is 3.23. The lowest BCUT2D eigenvalue weighted by Gasteiger charge is -2.52. The molecule has 1 aromatic carbocycles. The van der Waals surface area contributed by atoms with Crippen LogP contribution in [0.5, 0.6) is 0 Å². The van der Waals surface area contributed by atoms with Crippen molar-refractivity contribution in [3.8, 4) is 0 Å². The van der Waals surface area contributed by atoms with E-state index in [1.54, 1.807) is 12.5 Å². The molecule has 2 saturated carbocycles. The Morgan fingerprint density at radius 2 is 1.94 bits per heavy atom. The van der Waals surface area contributed by atoms with Gasteiger partial charge in [0, 0.05) is 24.6 Å². The van der Waals surface area contributed by atoms with Gasteiger partial charge in [-0.2, -0.15) is 0 Å². The highest BCUT2D eigenvalue weighted by Crippen LogP contribution is 2.65. The fourth-order valence-corrected chi connectivity index (χ4v) is 7.35. The molecule has 1 aromatic rings. The molecule has 3 aliphatic carbocycles. The van der Waals surface area contributed by atoms with Crippen LogP contribution in [-0.4, -0.2) is 19.1 Å². The first-order valence-corrected chi connectivity index (χ1v) is 12.1. The zero-order chi connectivity index (χ0) is 22.2. The number of anilines is 1. The smallest absolute Gasteiger partial charge is 0.143 e. The van der Waals surface area contributed by atoms with Gasteiger partial charge in [0.25, 0.3) is 0 Å². The molecule has 0 radical (unpaired) electrons. The third kappa shape index (κ3) is 3.70. The van der Waals surface area contributed by atoms with Crippen LogP contribution in [0.1, 0.15) is 77.2 Å². The van der Waals surface area contributed by atoms with Crippen LogP contribution in [0.25, 0.3) is 0 Å². The van der Waals surface area contributed by atoms with Gasteiger partial charge in [0.05, 0.1) is 0 Å². The Labute approximate surface area is 187 Å². The molecule has 1 N–H and O–H groups in total. The van der Waals surface area contributed by atoms with Gasteiger partial charge in [-0.05, 0) is 97.6 Å². The van der Waals surface area contributed by atoms with E-state index in [2.05, 4.69) is 43.4 Å². The van der Waals surface area contributed by atoms with Crippen LogP contribution in [0, 0.1) is 23.2 Å². The van der Waals surface area contributed by atoms with Gasteiger partial charge in [0.15, 0.2) is 0 Å². The number of ketones is 1. The van der Waals surface area contributed by atoms with Crippen LogP contribution in [0.4, 0.5) is 5.69 Å². The number of carbonyl (C=O) groups excluding carboxylic acids is 2. The molecule has 0 saturated heterocycles. The van der Waals surface area contributed by atoms with E-state index in [9.17, 15) is 9.59 Å². The van der Waals surface area contributed by atoms with Crippen LogP contribution in [0.15, 0.2) is 47.1 Å². The van der Waals surface area contributed by atoms with Gasteiger partial charge in [-0.3, -0.25) is 9.59 Å². The second kappa shape index (κ2) is 8.76. The molecule has 0 bridgehead atoms. The number of carbonyl (C=O) groups is 2. The molecule has 4 rings (SSSR count). The number of Topliss-reactive ketones (excluding diaryl/α,β-unsaturated/α-hetero) is 1. The molecule has 5 unspecified atom stereocenters. The van der Waals surface area contributed by atoms with Crippen LogP contribution in [0.3, 0.4) is 0 Å². The fraction of sp³-hybridized carbons (Fsp3) is 0.571. The van der Waals surface area contributed by atoms with Crippen LogP contribution in [-0.2, 0) is 9.59 Å². The van der Waals surface area contributed by atoms with E-state index in [0.717, 1.165) is 56.9 Å². The largest absolute Gasteiger partial charge is 0.388 e. The van der Waals surface area contributed by atoms with Crippen molar-refractivity contribution in [3.63, 3.8) is 0 Å². The molecule has 0 spiro atoms. The van der Waals surface area contributed by atoms with Gasteiger partial charge in [-0.1, -0.05) is 38.0 Å². The first-order chi connectivity index (χ1) is 14.9. The Morgan fingerprint density at radius 1 is 1.19 bits per heavy atom. The van der Waals surface area contributed by atoms with E-state index in [1.807, 2.05) is 13.1 Å². The van der Waals surface area contributed by atoms with Crippen molar-refractivity contribution in [2.75, 3.05) is 12.4 Å². The van der Waals surface area contributed by atoms with Crippen LogP contribution < -0.4 is 5.32 Å². The Kier molecular flexibility index (Phi) is 6.23. The lowest BCUT2D eigenvalue weighted by Crippen LogP contribution is -2.44. The molecule has 3 heteroatoms. The number of hydrogen-bond donors (Lipinski definition) is 1. The fourth-order valence-electron chi connectivity index (χ4n) is 7.35. The van der Waals surface area contributed by atoms with Crippen molar-refractivity contribution in [2.24, 2.45) is 23.2 Å². The van der Waals surface area contributed by atoms with E-state index < -0.39 is 0 Å². The zero-order valence-electron chi connectivity index (χ0n) is 19.5. The molecule has 0 heterocycles. The van der Waals surface area contributed by atoms with Gasteiger partial charge >= 0.3 is 0 Å². The Bertz CT molecular complexity index is 909. The zero-order valence-corrected chi connectivity index (χ0v) is 19.5. The lowest BCUT2D eigenvalue weighted by molar-refractivity contribution is -0.125. The maximum absolute atomic E-state index is 12.6. The monoisotopic (exact) mass is 419 g/mol. The molecule has 5 atom stereocenters. The molecule has 3 aliphatic rings. The standard InChI is InChI=1S/C28H37NO2/c1-5-6-22-20(15-16-30)9-12-23-26-14-13-25(18(2)31)28(26,3)17-24(27(22)23)19-7-10-21(29-4)11-8-19/h7-8,10-11,15-16,23-26,29H,5-6,9,12-14,17H2,1-4H3/b20-15-. The lowest BCUT2D eigenvalue weighted by atomic mass is 9.52. The van der Waals surface area contributed by atoms with E-state index in [-0.39, 0.29) is 11.3 Å². The number of hydrogen-bond acceptors (Lipinski definition) is 3. The summed E-state index contributed by atoms with van der Waals surface area (Å²) < 4.78 is 0. The summed E-state index contributed by atoms with van der Waals surface area (Å²) in [7, 11) is 1.95. The molecular weight excluding hydrogens is 382 g/mol. The van der Waals surface area contributed by atoms with E-state index in [0.29, 0.717) is 23.5 Å². The summed E-state index contributed by atoms with van der Waals surface area (Å²) in [6.07, 6.45) is 10.2. The number of fused-ring (bicyclic) bond motifs is 3. The van der Waals surface area contributed by atoms with Crippen molar-refractivity contribution in [1.29, 1.82) is 0 Å². The summed E-state index contributed by atoms with van der Waals surface area (Å²) in [5.74, 6) is 1.98. The summed E-state index contributed by atoms with van der Waals surface area (Å²) in [6.45, 7) is 6.44. The summed E-state index contributed by atoms with van der Waals surface area (Å²) in [6, 6.07) is 8.87. The van der Waals surface area contributed by atoms with E-state index in [4.69, 9.17) is 0 Å². The molecule has 31 heavy (non-hydrogen) atoms. The Morgan fingerprint density at radius 3 is 2.55 bits per heavy atom. The topological polar surface area (TPSA) is 46.2 Å². The third-order valence-electron chi connectivity index (χ3n) is 8.64. The second-order valence-corrected chi connectivity index (χ2v) is 10.1. The van der Waals surface area contributed by atoms with Gasteiger partial charge < -0.3 is 5.32 Å². The first-order valence-electron chi connectivity index (χ1n) is 12.1. The van der Waals surface area contributed by atoms with E-state index in [1.165, 1.54) is 16.7 Å². The summed E-state index contributed by atoms with van der Waals surface area (Å²) in [4.78, 5) is 24.0. The quantitative estimate of drug-likeness (QED) is 0.424. The predicted molar refractivity (Wildman–Crippen MR) is 127 cm³/mol. The maximum Gasteiger partial charge on any atom is 0.143 e. The number of aldehydes is 1. The minimum Gasteiger partial charge on any atom is -0.388 e. The van der Waals surface area contributed by atoms with Crippen molar-refractivity contribution in [2.45, 2.75) is 71.6 Å². The Balaban J connectivity index is 1.89. The highest BCUT2D eigenvalue weighted by atomic mass is 16.1. The van der Waals surface area contributed by atoms with Gasteiger partial charge in [-0.15, -0.1) is 0 Å². The van der Waals surface area contributed by atoms with Crippen molar-refractivity contribution >= 4 is 17.8 Å². The van der Waals surface area contributed by atoms with Crippen molar-refractivity contribution in [1.82, 2.24) is 0 Å². The number of allylic oxidation sites excluding steroid dienone is 4. The SMILES string of the molecule is CCCC1=C2C(c3ccc(NC)cc3)CC3(C)C(C(C)=O)CCC3C2CC/C1=C/C=O. The van der Waals surface area contributed by atoms with Crippen LogP contribution >= 0.6 is 0 Å². The highest BCUT2D eigenvalue weighted by molar-refractivity contribution is 5.79. The molecule has 0 amide bonds. The Hall–Kier alpha value is -2.16. The molecule has 166 valence electrons. The minimum atomic E-state index is 0.0650. The first kappa shape index (κ1) is 22.0. The average Bonchev–Trinajstić information content (AvgIpc) is 3.12. The van der Waals surface area contributed by atoms with Crippen LogP contribution in [0.2, 0.25) is 0 Å². The van der Waals surface area contributed by atoms with E-state index >= 15 is 0 Å². The van der Waals surface area contributed by atoms with Crippen molar-refractivity contribution in [3.05, 3.63) is 52.6 Å². The summed E-state index contributed by atoms with van der Waals surface area (Å²) in [5.41, 5.74) is 6.83. The molecular formula is C28H37NO2. The maximum atomic E-state index is 12.6. The van der Waals surface area contributed by atoms with Gasteiger partial charge in [0.2, 0.25) is 0 Å². The number of rotatable bonds is 6. The number of benzene rings is 1. The highest BCUT2D eigenvalue weighted by Gasteiger charge is 2.57. The second-order valence-electron chi connectivity index (χ2n) is 10.1. The molecule has 0 aliphatic heterocycles. The van der Waals surface area contributed by atoms with Gasteiger partial charge in [0.1, 0.15) is 12.1 Å². The normalized spacial score (nSPS) is 33.7. The minimum absolute atomic E-state index is 0.0650. The van der Waals surface area contributed by atoms with Crippen molar-refractivity contribution < 1.29 is 9.59 Å².